The average Bonchev–Trinajstić information content (AvgIpc) is 2.75. The SMILES string of the molecule is CC(=O)Oc1sc2nc(-c3ccccc3)cnc2c1N. The standard InChI is InChI=1S/C14H11N3O2S/c1-8(18)19-14-11(15)12-13(20-14)17-10(7-16-12)9-5-3-2-4-6-9/h2-7H,15H2,1H3. The third kappa shape index (κ3) is 2.21. The van der Waals surface area contributed by atoms with Gasteiger partial charge in [0.05, 0.1) is 11.9 Å². The summed E-state index contributed by atoms with van der Waals surface area (Å²) in [5, 5.41) is 0.345. The molecule has 0 aliphatic rings. The Balaban J connectivity index is 2.10. The number of ether oxygens (including phenoxy) is 1. The Morgan fingerprint density at radius 1 is 1.30 bits per heavy atom. The number of nitrogens with two attached hydrogens (primary N) is 1. The molecule has 0 radical (unpaired) electrons. The normalized spacial score (nSPS) is 10.7. The van der Waals surface area contributed by atoms with Gasteiger partial charge in [-0.2, -0.15) is 0 Å². The minimum absolute atomic E-state index is 0.345. The Kier molecular flexibility index (Phi) is 3.08. The van der Waals surface area contributed by atoms with Crippen molar-refractivity contribution >= 4 is 33.3 Å². The lowest BCUT2D eigenvalue weighted by molar-refractivity contribution is -0.131. The second-order valence-electron chi connectivity index (χ2n) is 4.17. The van der Waals surface area contributed by atoms with E-state index in [1.807, 2.05) is 30.3 Å². The summed E-state index contributed by atoms with van der Waals surface area (Å²) >= 11 is 1.22. The maximum absolute atomic E-state index is 11.0. The van der Waals surface area contributed by atoms with E-state index in [2.05, 4.69) is 9.97 Å². The molecule has 3 aromatic rings. The highest BCUT2D eigenvalue weighted by Crippen LogP contribution is 2.38. The van der Waals surface area contributed by atoms with Gasteiger partial charge in [0.25, 0.3) is 0 Å². The Hall–Kier alpha value is -2.47. The van der Waals surface area contributed by atoms with E-state index >= 15 is 0 Å². The summed E-state index contributed by atoms with van der Waals surface area (Å²) in [7, 11) is 0. The summed E-state index contributed by atoms with van der Waals surface area (Å²) in [5.74, 6) is -0.411. The Morgan fingerprint density at radius 2 is 2.05 bits per heavy atom. The molecule has 0 amide bonds. The Morgan fingerprint density at radius 3 is 2.75 bits per heavy atom. The van der Waals surface area contributed by atoms with Gasteiger partial charge in [-0.1, -0.05) is 41.7 Å². The summed E-state index contributed by atoms with van der Waals surface area (Å²) in [6, 6.07) is 9.74. The summed E-state index contributed by atoms with van der Waals surface area (Å²) in [4.78, 5) is 20.5. The lowest BCUT2D eigenvalue weighted by Crippen LogP contribution is -2.01. The van der Waals surface area contributed by atoms with Crippen molar-refractivity contribution in [3.05, 3.63) is 36.5 Å². The number of carbonyl (C=O) groups is 1. The van der Waals surface area contributed by atoms with Crippen LogP contribution in [0.3, 0.4) is 0 Å². The van der Waals surface area contributed by atoms with E-state index in [0.29, 0.717) is 21.1 Å². The van der Waals surface area contributed by atoms with E-state index in [1.165, 1.54) is 18.3 Å². The van der Waals surface area contributed by atoms with E-state index in [1.54, 1.807) is 6.20 Å². The summed E-state index contributed by atoms with van der Waals surface area (Å²) in [6.07, 6.45) is 1.66. The number of nitrogens with zero attached hydrogens (tertiary/aromatic N) is 2. The van der Waals surface area contributed by atoms with E-state index in [0.717, 1.165) is 11.3 Å². The molecule has 3 rings (SSSR count). The van der Waals surface area contributed by atoms with Gasteiger partial charge in [-0.25, -0.2) is 9.97 Å². The van der Waals surface area contributed by atoms with E-state index in [9.17, 15) is 4.79 Å². The first-order valence-corrected chi connectivity index (χ1v) is 6.75. The fraction of sp³-hybridized carbons (Fsp3) is 0.0714. The van der Waals surface area contributed by atoms with Gasteiger partial charge in [-0.15, -0.1) is 0 Å². The average molecular weight is 285 g/mol. The molecule has 2 aromatic heterocycles. The van der Waals surface area contributed by atoms with Crippen LogP contribution in [0.4, 0.5) is 5.69 Å². The summed E-state index contributed by atoms with van der Waals surface area (Å²) in [6.45, 7) is 1.33. The van der Waals surface area contributed by atoms with Gasteiger partial charge >= 0.3 is 5.97 Å². The molecule has 0 spiro atoms. The minimum atomic E-state index is -0.411. The third-order valence-electron chi connectivity index (χ3n) is 2.71. The number of thiophene rings is 1. The molecular formula is C14H11N3O2S. The van der Waals surface area contributed by atoms with Crippen LogP contribution in [0, 0.1) is 0 Å². The van der Waals surface area contributed by atoms with Crippen molar-refractivity contribution in [2.45, 2.75) is 6.92 Å². The fourth-order valence-corrected chi connectivity index (χ4v) is 2.77. The molecule has 0 aliphatic carbocycles. The molecule has 0 saturated carbocycles. The van der Waals surface area contributed by atoms with Crippen LogP contribution in [0.2, 0.25) is 0 Å². The molecule has 6 heteroatoms. The molecule has 0 atom stereocenters. The van der Waals surface area contributed by atoms with Crippen LogP contribution < -0.4 is 10.5 Å². The van der Waals surface area contributed by atoms with E-state index in [-0.39, 0.29) is 0 Å². The second-order valence-corrected chi connectivity index (χ2v) is 5.13. The van der Waals surface area contributed by atoms with Crippen molar-refractivity contribution in [2.24, 2.45) is 0 Å². The zero-order chi connectivity index (χ0) is 14.1. The molecule has 2 N–H and O–H groups in total. The lowest BCUT2D eigenvalue weighted by atomic mass is 10.2. The smallest absolute Gasteiger partial charge is 0.308 e. The van der Waals surface area contributed by atoms with Gasteiger partial charge in [0, 0.05) is 12.5 Å². The summed E-state index contributed by atoms with van der Waals surface area (Å²) < 4.78 is 5.05. The quantitative estimate of drug-likeness (QED) is 0.732. The van der Waals surface area contributed by atoms with E-state index < -0.39 is 5.97 Å². The first-order valence-electron chi connectivity index (χ1n) is 5.94. The fourth-order valence-electron chi connectivity index (χ4n) is 1.82. The minimum Gasteiger partial charge on any atom is -0.413 e. The van der Waals surface area contributed by atoms with Crippen molar-refractivity contribution in [3.63, 3.8) is 0 Å². The Bertz CT molecular complexity index is 784. The molecule has 20 heavy (non-hydrogen) atoms. The molecular weight excluding hydrogens is 274 g/mol. The van der Waals surface area contributed by atoms with Crippen molar-refractivity contribution in [1.82, 2.24) is 9.97 Å². The predicted octanol–water partition coefficient (Wildman–Crippen LogP) is 2.87. The first-order chi connectivity index (χ1) is 9.65. The number of nitrogen functional groups attached to an aromatic ring is 1. The molecule has 0 aliphatic heterocycles. The van der Waals surface area contributed by atoms with Crippen LogP contribution in [0.5, 0.6) is 5.06 Å². The van der Waals surface area contributed by atoms with Crippen molar-refractivity contribution < 1.29 is 9.53 Å². The van der Waals surface area contributed by atoms with Crippen molar-refractivity contribution in [3.8, 4) is 16.3 Å². The number of rotatable bonds is 2. The number of anilines is 1. The van der Waals surface area contributed by atoms with Gasteiger partial charge < -0.3 is 10.5 Å². The highest BCUT2D eigenvalue weighted by Gasteiger charge is 2.15. The third-order valence-corrected chi connectivity index (χ3v) is 3.68. The van der Waals surface area contributed by atoms with Crippen molar-refractivity contribution in [1.29, 1.82) is 0 Å². The molecule has 1 aromatic carbocycles. The maximum Gasteiger partial charge on any atom is 0.308 e. The van der Waals surface area contributed by atoms with Gasteiger partial charge in [-0.3, -0.25) is 4.79 Å². The zero-order valence-electron chi connectivity index (χ0n) is 10.7. The molecule has 5 nitrogen and oxygen atoms in total. The molecule has 0 fully saturated rings. The molecule has 0 bridgehead atoms. The highest BCUT2D eigenvalue weighted by atomic mass is 32.1. The molecule has 0 unspecified atom stereocenters. The highest BCUT2D eigenvalue weighted by molar-refractivity contribution is 7.21. The molecule has 100 valence electrons. The number of carbonyl (C=O) groups excluding carboxylic acids is 1. The van der Waals surface area contributed by atoms with Crippen LogP contribution in [-0.2, 0) is 4.79 Å². The predicted molar refractivity (Wildman–Crippen MR) is 78.6 cm³/mol. The molecule has 2 heterocycles. The van der Waals surface area contributed by atoms with Crippen LogP contribution in [-0.4, -0.2) is 15.9 Å². The second kappa shape index (κ2) is 4.90. The van der Waals surface area contributed by atoms with Crippen molar-refractivity contribution in [2.75, 3.05) is 5.73 Å². The number of hydrogen-bond acceptors (Lipinski definition) is 6. The largest absolute Gasteiger partial charge is 0.413 e. The summed E-state index contributed by atoms with van der Waals surface area (Å²) in [5.41, 5.74) is 8.55. The number of benzene rings is 1. The number of fused-ring (bicyclic) bond motifs is 1. The van der Waals surface area contributed by atoms with E-state index in [4.69, 9.17) is 10.5 Å². The van der Waals surface area contributed by atoms with Crippen LogP contribution in [0.15, 0.2) is 36.5 Å². The number of aromatic nitrogens is 2. The number of hydrogen-bond donors (Lipinski definition) is 1. The van der Waals surface area contributed by atoms with Gasteiger partial charge in [0.15, 0.2) is 0 Å². The lowest BCUT2D eigenvalue weighted by Gasteiger charge is -1.99. The molecule has 0 saturated heterocycles. The topological polar surface area (TPSA) is 78.1 Å². The maximum atomic E-state index is 11.0. The van der Waals surface area contributed by atoms with Gasteiger partial charge in [0.2, 0.25) is 5.06 Å². The van der Waals surface area contributed by atoms with Crippen LogP contribution in [0.1, 0.15) is 6.92 Å². The number of esters is 1. The monoisotopic (exact) mass is 285 g/mol. The Labute approximate surface area is 119 Å². The van der Waals surface area contributed by atoms with Crippen LogP contribution >= 0.6 is 11.3 Å². The van der Waals surface area contributed by atoms with Crippen LogP contribution in [0.25, 0.3) is 21.6 Å². The first kappa shape index (κ1) is 12.6. The van der Waals surface area contributed by atoms with Gasteiger partial charge in [0.1, 0.15) is 16.0 Å². The zero-order valence-corrected chi connectivity index (χ0v) is 11.5. The van der Waals surface area contributed by atoms with Gasteiger partial charge in [-0.05, 0) is 0 Å².